The largest absolute Gasteiger partial charge is 0.383 e. The molecule has 0 unspecified atom stereocenters. The summed E-state index contributed by atoms with van der Waals surface area (Å²) in [5.41, 5.74) is 5.75. The van der Waals surface area contributed by atoms with Crippen LogP contribution in [-0.4, -0.2) is 48.6 Å². The van der Waals surface area contributed by atoms with Crippen LogP contribution < -0.4 is 16.4 Å². The SMILES string of the molecule is COCCNC(=O)CNC(=O)c1cnc(C)nc1N. The monoisotopic (exact) mass is 267 g/mol. The minimum Gasteiger partial charge on any atom is -0.383 e. The number of carbonyl (C=O) groups excluding carboxylic acids is 2. The predicted octanol–water partition coefficient (Wildman–Crippen LogP) is -1.14. The van der Waals surface area contributed by atoms with Gasteiger partial charge in [0.15, 0.2) is 0 Å². The molecule has 0 aromatic carbocycles. The van der Waals surface area contributed by atoms with Crippen LogP contribution in [0.4, 0.5) is 5.82 Å². The fourth-order valence-electron chi connectivity index (χ4n) is 1.27. The van der Waals surface area contributed by atoms with Gasteiger partial charge in [0.05, 0.1) is 18.7 Å². The van der Waals surface area contributed by atoms with Gasteiger partial charge in [-0.25, -0.2) is 9.97 Å². The van der Waals surface area contributed by atoms with Crippen molar-refractivity contribution in [1.29, 1.82) is 0 Å². The molecule has 0 radical (unpaired) electrons. The molecular weight excluding hydrogens is 250 g/mol. The van der Waals surface area contributed by atoms with Gasteiger partial charge in [-0.2, -0.15) is 0 Å². The number of nitrogens with two attached hydrogens (primary N) is 1. The van der Waals surface area contributed by atoms with Crippen molar-refractivity contribution in [3.63, 3.8) is 0 Å². The van der Waals surface area contributed by atoms with Crippen LogP contribution in [0, 0.1) is 6.92 Å². The zero-order valence-corrected chi connectivity index (χ0v) is 10.9. The van der Waals surface area contributed by atoms with E-state index in [4.69, 9.17) is 10.5 Å². The van der Waals surface area contributed by atoms with Crippen molar-refractivity contribution in [3.05, 3.63) is 17.6 Å². The second kappa shape index (κ2) is 7.27. The summed E-state index contributed by atoms with van der Waals surface area (Å²) in [7, 11) is 1.54. The number of amides is 2. The lowest BCUT2D eigenvalue weighted by Gasteiger charge is -2.07. The van der Waals surface area contributed by atoms with Gasteiger partial charge >= 0.3 is 0 Å². The van der Waals surface area contributed by atoms with E-state index in [9.17, 15) is 9.59 Å². The maximum atomic E-state index is 11.7. The van der Waals surface area contributed by atoms with Crippen LogP contribution in [0.5, 0.6) is 0 Å². The number of hydrogen-bond acceptors (Lipinski definition) is 6. The molecule has 0 bridgehead atoms. The summed E-state index contributed by atoms with van der Waals surface area (Å²) in [6, 6.07) is 0. The van der Waals surface area contributed by atoms with Crippen LogP contribution in [0.2, 0.25) is 0 Å². The lowest BCUT2D eigenvalue weighted by molar-refractivity contribution is -0.120. The third kappa shape index (κ3) is 4.88. The number of aryl methyl sites for hydroxylation is 1. The molecule has 0 aliphatic carbocycles. The molecule has 0 aliphatic rings. The molecule has 0 atom stereocenters. The Morgan fingerprint density at radius 3 is 2.79 bits per heavy atom. The van der Waals surface area contributed by atoms with Gasteiger partial charge in [0.1, 0.15) is 11.6 Å². The average Bonchev–Trinajstić information content (AvgIpc) is 2.36. The first kappa shape index (κ1) is 14.8. The molecule has 0 saturated heterocycles. The molecule has 1 heterocycles. The number of ether oxygens (including phenoxy) is 1. The fraction of sp³-hybridized carbons (Fsp3) is 0.455. The van der Waals surface area contributed by atoms with Gasteiger partial charge in [-0.15, -0.1) is 0 Å². The Hall–Kier alpha value is -2.22. The summed E-state index contributed by atoms with van der Waals surface area (Å²) in [6.45, 7) is 2.33. The van der Waals surface area contributed by atoms with E-state index in [1.165, 1.54) is 13.3 Å². The van der Waals surface area contributed by atoms with Crippen LogP contribution in [0.15, 0.2) is 6.20 Å². The van der Waals surface area contributed by atoms with Gasteiger partial charge in [-0.05, 0) is 6.92 Å². The number of nitrogen functional groups attached to an aromatic ring is 1. The summed E-state index contributed by atoms with van der Waals surface area (Å²) < 4.78 is 4.78. The topological polar surface area (TPSA) is 119 Å². The van der Waals surface area contributed by atoms with Gasteiger partial charge in [0.2, 0.25) is 5.91 Å². The van der Waals surface area contributed by atoms with E-state index in [1.807, 2.05) is 0 Å². The minimum atomic E-state index is -0.487. The average molecular weight is 267 g/mol. The smallest absolute Gasteiger partial charge is 0.257 e. The Kier molecular flexibility index (Phi) is 5.68. The Bertz CT molecular complexity index is 464. The van der Waals surface area contributed by atoms with E-state index in [2.05, 4.69) is 20.6 Å². The highest BCUT2D eigenvalue weighted by Crippen LogP contribution is 2.06. The molecular formula is C11H17N5O3. The van der Waals surface area contributed by atoms with E-state index in [0.717, 1.165) is 0 Å². The highest BCUT2D eigenvalue weighted by Gasteiger charge is 2.12. The second-order valence-electron chi connectivity index (χ2n) is 3.74. The first-order valence-electron chi connectivity index (χ1n) is 5.67. The number of hydrogen-bond donors (Lipinski definition) is 3. The lowest BCUT2D eigenvalue weighted by atomic mass is 10.3. The van der Waals surface area contributed by atoms with Crippen LogP contribution >= 0.6 is 0 Å². The molecule has 1 rings (SSSR count). The third-order valence-corrected chi connectivity index (χ3v) is 2.22. The van der Waals surface area contributed by atoms with Gasteiger partial charge in [0.25, 0.3) is 5.91 Å². The van der Waals surface area contributed by atoms with Crippen molar-refractivity contribution in [3.8, 4) is 0 Å². The molecule has 8 nitrogen and oxygen atoms in total. The second-order valence-corrected chi connectivity index (χ2v) is 3.74. The van der Waals surface area contributed by atoms with Crippen LogP contribution in [0.25, 0.3) is 0 Å². The van der Waals surface area contributed by atoms with Gasteiger partial charge in [-0.1, -0.05) is 0 Å². The van der Waals surface area contributed by atoms with Crippen LogP contribution in [0.3, 0.4) is 0 Å². The molecule has 4 N–H and O–H groups in total. The van der Waals surface area contributed by atoms with Crippen molar-refractivity contribution < 1.29 is 14.3 Å². The summed E-state index contributed by atoms with van der Waals surface area (Å²) in [4.78, 5) is 30.8. The lowest BCUT2D eigenvalue weighted by Crippen LogP contribution is -2.38. The molecule has 1 aromatic rings. The van der Waals surface area contributed by atoms with Gasteiger partial charge in [-0.3, -0.25) is 9.59 Å². The Balaban J connectivity index is 2.45. The van der Waals surface area contributed by atoms with E-state index >= 15 is 0 Å². The molecule has 104 valence electrons. The summed E-state index contributed by atoms with van der Waals surface area (Å²) in [5, 5.41) is 5.01. The molecule has 0 fully saturated rings. The molecule has 0 saturated carbocycles. The minimum absolute atomic E-state index is 0.0878. The number of aromatic nitrogens is 2. The zero-order valence-electron chi connectivity index (χ0n) is 10.9. The molecule has 0 aliphatic heterocycles. The first-order chi connectivity index (χ1) is 9.04. The first-order valence-corrected chi connectivity index (χ1v) is 5.67. The van der Waals surface area contributed by atoms with Gasteiger partial charge < -0.3 is 21.1 Å². The number of nitrogens with one attached hydrogen (secondary N) is 2. The summed E-state index contributed by atoms with van der Waals surface area (Å²) in [5.74, 6) is -0.229. The van der Waals surface area contributed by atoms with Crippen molar-refractivity contribution in [2.75, 3.05) is 32.5 Å². The molecule has 19 heavy (non-hydrogen) atoms. The van der Waals surface area contributed by atoms with Crippen molar-refractivity contribution >= 4 is 17.6 Å². The van der Waals surface area contributed by atoms with Crippen LogP contribution in [0.1, 0.15) is 16.2 Å². The van der Waals surface area contributed by atoms with E-state index in [-0.39, 0.29) is 23.8 Å². The van der Waals surface area contributed by atoms with Gasteiger partial charge in [0, 0.05) is 19.9 Å². The number of rotatable bonds is 6. The number of carbonyl (C=O) groups is 2. The molecule has 1 aromatic heterocycles. The number of anilines is 1. The third-order valence-electron chi connectivity index (χ3n) is 2.22. The van der Waals surface area contributed by atoms with Crippen LogP contribution in [-0.2, 0) is 9.53 Å². The normalized spacial score (nSPS) is 10.0. The zero-order chi connectivity index (χ0) is 14.3. The highest BCUT2D eigenvalue weighted by atomic mass is 16.5. The quantitative estimate of drug-likeness (QED) is 0.560. The van der Waals surface area contributed by atoms with Crippen molar-refractivity contribution in [1.82, 2.24) is 20.6 Å². The molecule has 8 heteroatoms. The predicted molar refractivity (Wildman–Crippen MR) is 68.4 cm³/mol. The fourth-order valence-corrected chi connectivity index (χ4v) is 1.27. The van der Waals surface area contributed by atoms with Crippen molar-refractivity contribution in [2.24, 2.45) is 0 Å². The number of methoxy groups -OCH3 is 1. The maximum Gasteiger partial charge on any atom is 0.257 e. The Morgan fingerprint density at radius 1 is 1.42 bits per heavy atom. The molecule has 0 spiro atoms. The van der Waals surface area contributed by atoms with Crippen molar-refractivity contribution in [2.45, 2.75) is 6.92 Å². The highest BCUT2D eigenvalue weighted by molar-refractivity contribution is 5.99. The van der Waals surface area contributed by atoms with E-state index < -0.39 is 5.91 Å². The standard InChI is InChI=1S/C11H17N5O3/c1-7-14-5-8(10(12)16-7)11(18)15-6-9(17)13-3-4-19-2/h5H,3-4,6H2,1-2H3,(H,13,17)(H,15,18)(H2,12,14,16). The summed E-state index contributed by atoms with van der Waals surface area (Å²) in [6.07, 6.45) is 1.33. The number of nitrogens with zero attached hydrogens (tertiary/aromatic N) is 2. The maximum absolute atomic E-state index is 11.7. The van der Waals surface area contributed by atoms with E-state index in [1.54, 1.807) is 6.92 Å². The summed E-state index contributed by atoms with van der Waals surface area (Å²) >= 11 is 0. The Labute approximate surface area is 110 Å². The Morgan fingerprint density at radius 2 is 2.16 bits per heavy atom. The van der Waals surface area contributed by atoms with E-state index in [0.29, 0.717) is 19.0 Å². The molecule has 2 amide bonds.